The highest BCUT2D eigenvalue weighted by molar-refractivity contribution is 6.35. The molecule has 104 valence electrons. The number of halogens is 1. The molecule has 0 radical (unpaired) electrons. The van der Waals surface area contributed by atoms with Crippen LogP contribution < -0.4 is 5.32 Å². The van der Waals surface area contributed by atoms with Crippen molar-refractivity contribution >= 4 is 28.9 Å². The third kappa shape index (κ3) is 3.16. The van der Waals surface area contributed by atoms with E-state index in [1.54, 1.807) is 18.2 Å². The molecule has 6 nitrogen and oxygen atoms in total. The molecule has 0 bridgehead atoms. The number of rotatable bonds is 3. The maximum absolute atomic E-state index is 12.2. The van der Waals surface area contributed by atoms with Crippen LogP contribution in [0.15, 0.2) is 42.5 Å². The number of amides is 1. The molecule has 2 aromatic rings. The molecule has 0 aliphatic heterocycles. The first-order valence-corrected chi connectivity index (χ1v) is 6.15. The molecule has 2 aromatic carbocycles. The average molecular weight is 302 g/mol. The van der Waals surface area contributed by atoms with Crippen LogP contribution >= 0.6 is 11.6 Å². The Labute approximate surface area is 124 Å². The Morgan fingerprint density at radius 3 is 2.67 bits per heavy atom. The zero-order chi connectivity index (χ0) is 15.4. The van der Waals surface area contributed by atoms with Gasteiger partial charge in [0.2, 0.25) is 0 Å². The largest absolute Gasteiger partial charge is 0.322 e. The zero-order valence-electron chi connectivity index (χ0n) is 10.5. The molecule has 0 spiro atoms. The number of carbonyl (C=O) groups is 1. The van der Waals surface area contributed by atoms with Crippen LogP contribution in [0.3, 0.4) is 0 Å². The van der Waals surface area contributed by atoms with Crippen molar-refractivity contribution in [2.24, 2.45) is 0 Å². The van der Waals surface area contributed by atoms with Gasteiger partial charge in [0.15, 0.2) is 0 Å². The Hall–Kier alpha value is -2.91. The van der Waals surface area contributed by atoms with Gasteiger partial charge < -0.3 is 5.32 Å². The standard InChI is InChI=1S/C14H8ClN3O3/c15-11-5-2-6-12(18(20)21)13(11)14(19)17-10-4-1-3-9(7-10)8-16/h1-7H,(H,17,19). The lowest BCUT2D eigenvalue weighted by Gasteiger charge is -2.07. The first-order chi connectivity index (χ1) is 10.0. The summed E-state index contributed by atoms with van der Waals surface area (Å²) in [7, 11) is 0. The molecule has 0 fully saturated rings. The minimum Gasteiger partial charge on any atom is -0.322 e. The molecular formula is C14H8ClN3O3. The van der Waals surface area contributed by atoms with E-state index in [1.807, 2.05) is 6.07 Å². The summed E-state index contributed by atoms with van der Waals surface area (Å²) in [6, 6.07) is 12.1. The number of carbonyl (C=O) groups excluding carboxylic acids is 1. The molecular weight excluding hydrogens is 294 g/mol. The summed E-state index contributed by atoms with van der Waals surface area (Å²) in [6.07, 6.45) is 0. The SMILES string of the molecule is N#Cc1cccc(NC(=O)c2c(Cl)cccc2[N+](=O)[O-])c1. The van der Waals surface area contributed by atoms with Crippen molar-refractivity contribution in [1.82, 2.24) is 0 Å². The van der Waals surface area contributed by atoms with Crippen LogP contribution in [0.25, 0.3) is 0 Å². The molecule has 1 amide bonds. The van der Waals surface area contributed by atoms with Gasteiger partial charge in [-0.15, -0.1) is 0 Å². The smallest absolute Gasteiger partial charge is 0.283 e. The third-order valence-electron chi connectivity index (χ3n) is 2.66. The van der Waals surface area contributed by atoms with E-state index in [9.17, 15) is 14.9 Å². The number of nitriles is 1. The molecule has 0 aromatic heterocycles. The van der Waals surface area contributed by atoms with E-state index in [-0.39, 0.29) is 16.3 Å². The maximum atomic E-state index is 12.2. The number of hydrogen-bond donors (Lipinski definition) is 1. The lowest BCUT2D eigenvalue weighted by atomic mass is 10.1. The highest BCUT2D eigenvalue weighted by atomic mass is 35.5. The number of nitrogens with zero attached hydrogens (tertiary/aromatic N) is 2. The summed E-state index contributed by atoms with van der Waals surface area (Å²) in [5, 5.41) is 22.2. The highest BCUT2D eigenvalue weighted by Gasteiger charge is 2.23. The highest BCUT2D eigenvalue weighted by Crippen LogP contribution is 2.27. The van der Waals surface area contributed by atoms with Crippen LogP contribution in [0.2, 0.25) is 5.02 Å². The zero-order valence-corrected chi connectivity index (χ0v) is 11.3. The molecule has 0 saturated carbocycles. The fourth-order valence-corrected chi connectivity index (χ4v) is 2.01. The number of benzene rings is 2. The van der Waals surface area contributed by atoms with Crippen LogP contribution in [0.5, 0.6) is 0 Å². The van der Waals surface area contributed by atoms with E-state index in [2.05, 4.69) is 5.32 Å². The summed E-state index contributed by atoms with van der Waals surface area (Å²) < 4.78 is 0. The number of anilines is 1. The van der Waals surface area contributed by atoms with Gasteiger partial charge in [0, 0.05) is 11.8 Å². The van der Waals surface area contributed by atoms with Crippen LogP contribution in [0.1, 0.15) is 15.9 Å². The maximum Gasteiger partial charge on any atom is 0.283 e. The van der Waals surface area contributed by atoms with E-state index in [0.29, 0.717) is 11.3 Å². The van der Waals surface area contributed by atoms with Crippen LogP contribution in [-0.4, -0.2) is 10.8 Å². The van der Waals surface area contributed by atoms with Gasteiger partial charge in [-0.05, 0) is 24.3 Å². The van der Waals surface area contributed by atoms with Crippen molar-refractivity contribution in [2.75, 3.05) is 5.32 Å². The lowest BCUT2D eigenvalue weighted by molar-refractivity contribution is -0.385. The van der Waals surface area contributed by atoms with Gasteiger partial charge in [-0.25, -0.2) is 0 Å². The molecule has 7 heteroatoms. The predicted octanol–water partition coefficient (Wildman–Crippen LogP) is 3.37. The third-order valence-corrected chi connectivity index (χ3v) is 2.98. The molecule has 0 unspecified atom stereocenters. The predicted molar refractivity (Wildman–Crippen MR) is 77.2 cm³/mol. The van der Waals surface area contributed by atoms with E-state index >= 15 is 0 Å². The van der Waals surface area contributed by atoms with Gasteiger partial charge >= 0.3 is 0 Å². The fraction of sp³-hybridized carbons (Fsp3) is 0. The second-order valence-corrected chi connectivity index (χ2v) is 4.45. The summed E-state index contributed by atoms with van der Waals surface area (Å²) in [6.45, 7) is 0. The number of nitro groups is 1. The number of nitrogens with one attached hydrogen (secondary N) is 1. The van der Waals surface area contributed by atoms with Crippen molar-refractivity contribution in [3.8, 4) is 6.07 Å². The molecule has 21 heavy (non-hydrogen) atoms. The van der Waals surface area contributed by atoms with Gasteiger partial charge in [-0.2, -0.15) is 5.26 Å². The van der Waals surface area contributed by atoms with Crippen molar-refractivity contribution < 1.29 is 9.72 Å². The van der Waals surface area contributed by atoms with E-state index in [4.69, 9.17) is 16.9 Å². The second kappa shape index (κ2) is 6.03. The Morgan fingerprint density at radius 1 is 1.29 bits per heavy atom. The van der Waals surface area contributed by atoms with Crippen LogP contribution in [0.4, 0.5) is 11.4 Å². The van der Waals surface area contributed by atoms with Crippen LogP contribution in [-0.2, 0) is 0 Å². The first-order valence-electron chi connectivity index (χ1n) is 5.77. The minimum absolute atomic E-state index is 0.0156. The normalized spacial score (nSPS) is 9.71. The van der Waals surface area contributed by atoms with Gasteiger partial charge in [0.25, 0.3) is 11.6 Å². The van der Waals surface area contributed by atoms with Gasteiger partial charge in [0.1, 0.15) is 5.56 Å². The summed E-state index contributed by atoms with van der Waals surface area (Å²) in [5.41, 5.74) is 0.123. The Kier molecular flexibility index (Phi) is 4.16. The Bertz CT molecular complexity index is 768. The average Bonchev–Trinajstić information content (AvgIpc) is 2.46. The Balaban J connectivity index is 2.37. The topological polar surface area (TPSA) is 96.0 Å². The van der Waals surface area contributed by atoms with E-state index < -0.39 is 10.8 Å². The molecule has 0 atom stereocenters. The fourth-order valence-electron chi connectivity index (χ4n) is 1.75. The van der Waals surface area contributed by atoms with Crippen molar-refractivity contribution in [3.63, 3.8) is 0 Å². The molecule has 2 rings (SSSR count). The second-order valence-electron chi connectivity index (χ2n) is 4.04. The minimum atomic E-state index is -0.706. The van der Waals surface area contributed by atoms with Gasteiger partial charge in [-0.1, -0.05) is 23.7 Å². The molecule has 1 N–H and O–H groups in total. The quantitative estimate of drug-likeness (QED) is 0.694. The molecule has 0 heterocycles. The van der Waals surface area contributed by atoms with Crippen molar-refractivity contribution in [2.45, 2.75) is 0 Å². The number of nitro benzene ring substituents is 1. The van der Waals surface area contributed by atoms with Gasteiger partial charge in [-0.3, -0.25) is 14.9 Å². The van der Waals surface area contributed by atoms with E-state index in [0.717, 1.165) is 0 Å². The van der Waals surface area contributed by atoms with E-state index in [1.165, 1.54) is 24.3 Å². The monoisotopic (exact) mass is 301 g/mol. The van der Waals surface area contributed by atoms with Gasteiger partial charge in [0.05, 0.1) is 21.6 Å². The number of hydrogen-bond acceptors (Lipinski definition) is 4. The molecule has 0 saturated heterocycles. The van der Waals surface area contributed by atoms with Crippen molar-refractivity contribution in [3.05, 3.63) is 68.7 Å². The lowest BCUT2D eigenvalue weighted by Crippen LogP contribution is -2.14. The summed E-state index contributed by atoms with van der Waals surface area (Å²) in [4.78, 5) is 22.5. The summed E-state index contributed by atoms with van der Waals surface area (Å²) >= 11 is 5.88. The molecule has 0 aliphatic carbocycles. The summed E-state index contributed by atoms with van der Waals surface area (Å²) in [5.74, 6) is -0.706. The van der Waals surface area contributed by atoms with Crippen LogP contribution in [0, 0.1) is 21.4 Å². The first kappa shape index (κ1) is 14.5. The molecule has 0 aliphatic rings. The van der Waals surface area contributed by atoms with Crippen molar-refractivity contribution in [1.29, 1.82) is 5.26 Å². The Morgan fingerprint density at radius 2 is 2.00 bits per heavy atom.